The van der Waals surface area contributed by atoms with Gasteiger partial charge in [-0.15, -0.1) is 0 Å². The maximum Gasteiger partial charge on any atom is 0.414 e. The SMILES string of the molecule is CCC(=O)NCC1CN(c2cc(F)c(N3CCCC(CC(=O)CNC(=O)C4=CC=CC=NC4)CC3)c(F)c2)C(=O)O1. The van der Waals surface area contributed by atoms with Crippen molar-refractivity contribution < 1.29 is 32.7 Å². The van der Waals surface area contributed by atoms with Crippen molar-refractivity contribution in [3.8, 4) is 0 Å². The molecule has 0 bridgehead atoms. The summed E-state index contributed by atoms with van der Waals surface area (Å²) in [6.45, 7) is 2.82. The Morgan fingerprint density at radius 2 is 1.88 bits per heavy atom. The number of benzene rings is 1. The molecule has 2 fully saturated rings. The van der Waals surface area contributed by atoms with Crippen LogP contribution >= 0.6 is 0 Å². The number of nitrogens with one attached hydrogen (secondary N) is 2. The predicted octanol–water partition coefficient (Wildman–Crippen LogP) is 3.07. The monoisotopic (exact) mass is 571 g/mol. The average molecular weight is 572 g/mol. The lowest BCUT2D eigenvalue weighted by atomic mass is 9.94. The molecular formula is C29H35F2N5O5. The Morgan fingerprint density at radius 3 is 2.63 bits per heavy atom. The minimum Gasteiger partial charge on any atom is -0.442 e. The molecule has 2 N–H and O–H groups in total. The van der Waals surface area contributed by atoms with Gasteiger partial charge in [-0.2, -0.15) is 0 Å². The number of hydrogen-bond acceptors (Lipinski definition) is 7. The van der Waals surface area contributed by atoms with Crippen LogP contribution in [0, 0.1) is 17.6 Å². The topological polar surface area (TPSA) is 120 Å². The zero-order valence-corrected chi connectivity index (χ0v) is 23.0. The van der Waals surface area contributed by atoms with Gasteiger partial charge in [-0.3, -0.25) is 24.3 Å². The normalized spacial score (nSPS) is 20.7. The summed E-state index contributed by atoms with van der Waals surface area (Å²) in [5, 5.41) is 5.30. The van der Waals surface area contributed by atoms with Crippen molar-refractivity contribution in [2.75, 3.05) is 49.1 Å². The first kappa shape index (κ1) is 29.9. The fourth-order valence-corrected chi connectivity index (χ4v) is 5.11. The lowest BCUT2D eigenvalue weighted by Gasteiger charge is -2.25. The van der Waals surface area contributed by atoms with E-state index in [0.717, 1.165) is 23.5 Å². The number of amides is 3. The van der Waals surface area contributed by atoms with Crippen molar-refractivity contribution in [2.24, 2.45) is 10.9 Å². The molecule has 2 unspecified atom stereocenters. The summed E-state index contributed by atoms with van der Waals surface area (Å²) in [6, 6.07) is 2.23. The maximum absolute atomic E-state index is 15.2. The number of nitrogens with zero attached hydrogens (tertiary/aromatic N) is 3. The highest BCUT2D eigenvalue weighted by molar-refractivity contribution is 5.97. The molecule has 0 saturated carbocycles. The van der Waals surface area contributed by atoms with E-state index in [4.69, 9.17) is 4.74 Å². The number of carbonyl (C=O) groups is 4. The molecule has 0 aliphatic carbocycles. The molecule has 2 atom stereocenters. The van der Waals surface area contributed by atoms with E-state index in [1.165, 1.54) is 0 Å². The Balaban J connectivity index is 1.30. The molecule has 0 radical (unpaired) electrons. The van der Waals surface area contributed by atoms with E-state index in [-0.39, 0.29) is 67.5 Å². The van der Waals surface area contributed by atoms with Crippen molar-refractivity contribution >= 4 is 41.3 Å². The Labute approximate surface area is 237 Å². The van der Waals surface area contributed by atoms with Crippen LogP contribution in [-0.4, -0.2) is 75.3 Å². The second-order valence-electron chi connectivity index (χ2n) is 10.3. The summed E-state index contributed by atoms with van der Waals surface area (Å²) >= 11 is 0. The highest BCUT2D eigenvalue weighted by Crippen LogP contribution is 2.33. The highest BCUT2D eigenvalue weighted by atomic mass is 19.1. The average Bonchev–Trinajstić information content (AvgIpc) is 3.13. The number of ether oxygens (including phenoxy) is 1. The first-order chi connectivity index (χ1) is 19.7. The summed E-state index contributed by atoms with van der Waals surface area (Å²) in [6.07, 6.45) is 7.86. The van der Waals surface area contributed by atoms with Crippen LogP contribution in [0.25, 0.3) is 0 Å². The number of halogens is 2. The molecule has 3 amide bonds. The van der Waals surface area contributed by atoms with Gasteiger partial charge in [-0.25, -0.2) is 13.6 Å². The van der Waals surface area contributed by atoms with Gasteiger partial charge in [0.1, 0.15) is 11.8 Å². The van der Waals surface area contributed by atoms with Gasteiger partial charge in [0.2, 0.25) is 11.8 Å². The second-order valence-corrected chi connectivity index (χ2v) is 10.3. The summed E-state index contributed by atoms with van der Waals surface area (Å²) < 4.78 is 35.7. The molecule has 0 aromatic heterocycles. The third-order valence-corrected chi connectivity index (χ3v) is 7.32. The van der Waals surface area contributed by atoms with Gasteiger partial charge in [0.15, 0.2) is 17.4 Å². The Morgan fingerprint density at radius 1 is 1.10 bits per heavy atom. The zero-order valence-electron chi connectivity index (χ0n) is 23.0. The van der Waals surface area contributed by atoms with Crippen LogP contribution in [0.4, 0.5) is 25.0 Å². The molecule has 220 valence electrons. The number of anilines is 2. The molecule has 3 heterocycles. The van der Waals surface area contributed by atoms with E-state index < -0.39 is 23.8 Å². The predicted molar refractivity (Wildman–Crippen MR) is 150 cm³/mol. The molecule has 1 aromatic carbocycles. The smallest absolute Gasteiger partial charge is 0.414 e. The summed E-state index contributed by atoms with van der Waals surface area (Å²) in [5.41, 5.74) is 0.353. The van der Waals surface area contributed by atoms with Crippen LogP contribution in [0.1, 0.15) is 39.0 Å². The van der Waals surface area contributed by atoms with Crippen LogP contribution in [0.15, 0.2) is 40.9 Å². The number of hydrogen-bond donors (Lipinski definition) is 2. The van der Waals surface area contributed by atoms with Crippen LogP contribution in [0.2, 0.25) is 0 Å². The Hall–Kier alpha value is -4.09. The molecule has 10 nitrogen and oxygen atoms in total. The zero-order chi connectivity index (χ0) is 29.4. The largest absolute Gasteiger partial charge is 0.442 e. The van der Waals surface area contributed by atoms with E-state index in [1.54, 1.807) is 36.3 Å². The molecule has 12 heteroatoms. The van der Waals surface area contributed by atoms with Crippen molar-refractivity contribution in [1.82, 2.24) is 10.6 Å². The number of ketones is 1. The number of aliphatic imine (C=N–C) groups is 1. The number of carbonyl (C=O) groups excluding carboxylic acids is 4. The van der Waals surface area contributed by atoms with E-state index >= 15 is 8.78 Å². The van der Waals surface area contributed by atoms with E-state index in [9.17, 15) is 19.2 Å². The van der Waals surface area contributed by atoms with Gasteiger partial charge in [-0.1, -0.05) is 19.1 Å². The molecule has 1 aromatic rings. The van der Waals surface area contributed by atoms with Gasteiger partial charge in [-0.05, 0) is 31.3 Å². The van der Waals surface area contributed by atoms with Crippen molar-refractivity contribution in [2.45, 2.75) is 45.1 Å². The van der Waals surface area contributed by atoms with Crippen molar-refractivity contribution in [1.29, 1.82) is 0 Å². The molecule has 4 rings (SSSR count). The van der Waals surface area contributed by atoms with E-state index in [1.807, 2.05) is 0 Å². The van der Waals surface area contributed by atoms with Crippen LogP contribution in [0.3, 0.4) is 0 Å². The van der Waals surface area contributed by atoms with Gasteiger partial charge in [0.05, 0.1) is 31.9 Å². The molecule has 2 saturated heterocycles. The standard InChI is InChI=1S/C29H35F2N5O5/c1-2-26(38)33-17-23-18-36(29(40)41-23)21-13-24(30)27(25(31)14-21)35-10-5-6-19(8-11-35)12-22(37)16-34-28(39)20-7-3-4-9-32-15-20/h3-4,7,9,13-14,19,23H,2,5-6,8,10-12,15-18H2,1H3,(H,33,38)(H,34,39). The summed E-state index contributed by atoms with van der Waals surface area (Å²) in [7, 11) is 0. The lowest BCUT2D eigenvalue weighted by Crippen LogP contribution is -2.34. The highest BCUT2D eigenvalue weighted by Gasteiger charge is 2.34. The first-order valence-corrected chi connectivity index (χ1v) is 13.9. The molecular weight excluding hydrogens is 536 g/mol. The number of allylic oxidation sites excluding steroid dienone is 3. The van der Waals surface area contributed by atoms with Gasteiger partial charge in [0, 0.05) is 49.9 Å². The Kier molecular flexibility index (Phi) is 10.2. The lowest BCUT2D eigenvalue weighted by molar-refractivity contribution is -0.123. The molecule has 3 aliphatic rings. The van der Waals surface area contributed by atoms with Crippen LogP contribution in [-0.2, 0) is 19.1 Å². The van der Waals surface area contributed by atoms with Gasteiger partial charge < -0.3 is 20.3 Å². The van der Waals surface area contributed by atoms with Crippen LogP contribution < -0.4 is 20.4 Å². The molecule has 0 spiro atoms. The van der Waals surface area contributed by atoms with E-state index in [0.29, 0.717) is 37.9 Å². The number of cyclic esters (lactones) is 1. The minimum absolute atomic E-state index is 0.0314. The van der Waals surface area contributed by atoms with Crippen LogP contribution in [0.5, 0.6) is 0 Å². The number of Topliss-reactive ketones (excluding diaryl/α,β-unsaturated/α-hetero) is 1. The summed E-state index contributed by atoms with van der Waals surface area (Å²) in [5.74, 6) is -2.17. The second kappa shape index (κ2) is 14.0. The third kappa shape index (κ3) is 7.99. The van der Waals surface area contributed by atoms with Gasteiger partial charge in [0.25, 0.3) is 0 Å². The quantitative estimate of drug-likeness (QED) is 0.446. The van der Waals surface area contributed by atoms with Crippen molar-refractivity contribution in [3.05, 3.63) is 47.6 Å². The fraction of sp³-hybridized carbons (Fsp3) is 0.483. The minimum atomic E-state index is -0.792. The summed E-state index contributed by atoms with van der Waals surface area (Å²) in [4.78, 5) is 55.6. The molecule has 3 aliphatic heterocycles. The third-order valence-electron chi connectivity index (χ3n) is 7.32. The molecule has 41 heavy (non-hydrogen) atoms. The fourth-order valence-electron chi connectivity index (χ4n) is 5.11. The van der Waals surface area contributed by atoms with Crippen molar-refractivity contribution in [3.63, 3.8) is 0 Å². The maximum atomic E-state index is 15.2. The van der Waals surface area contributed by atoms with E-state index in [2.05, 4.69) is 15.6 Å². The number of rotatable bonds is 10. The van der Waals surface area contributed by atoms with Gasteiger partial charge >= 0.3 is 6.09 Å². The first-order valence-electron chi connectivity index (χ1n) is 13.9. The Bertz CT molecular complexity index is 1240.